The van der Waals surface area contributed by atoms with Crippen LogP contribution < -0.4 is 4.90 Å². The van der Waals surface area contributed by atoms with Crippen LogP contribution in [0.3, 0.4) is 0 Å². The van der Waals surface area contributed by atoms with Crippen LogP contribution >= 0.6 is 0 Å². The number of benzene rings is 1. The van der Waals surface area contributed by atoms with Crippen molar-refractivity contribution < 1.29 is 0 Å². The summed E-state index contributed by atoms with van der Waals surface area (Å²) in [5, 5.41) is 8.74. The molecule has 0 saturated heterocycles. The number of hydrogen-bond acceptors (Lipinski definition) is 2. The van der Waals surface area contributed by atoms with Crippen LogP contribution in [0.25, 0.3) is 0 Å². The van der Waals surface area contributed by atoms with E-state index in [-0.39, 0.29) is 0 Å². The summed E-state index contributed by atoms with van der Waals surface area (Å²) in [6.07, 6.45) is 2.30. The minimum atomic E-state index is 0.772. The van der Waals surface area contributed by atoms with E-state index < -0.39 is 0 Å². The largest absolute Gasteiger partial charge is 0.374 e. The predicted octanol–water partition coefficient (Wildman–Crippen LogP) is 1.94. The highest BCUT2D eigenvalue weighted by Crippen LogP contribution is 2.26. The Bertz CT molecular complexity index is 363. The van der Waals surface area contributed by atoms with Gasteiger partial charge in [-0.25, -0.2) is 0 Å². The van der Waals surface area contributed by atoms with Crippen LogP contribution in [0.2, 0.25) is 0 Å². The lowest BCUT2D eigenvalue weighted by Gasteiger charge is -2.27. The van der Waals surface area contributed by atoms with Crippen LogP contribution in [0.5, 0.6) is 0 Å². The van der Waals surface area contributed by atoms with E-state index in [4.69, 9.17) is 5.26 Å². The van der Waals surface area contributed by atoms with Gasteiger partial charge >= 0.3 is 0 Å². The van der Waals surface area contributed by atoms with Crippen LogP contribution in [-0.4, -0.2) is 13.6 Å². The van der Waals surface area contributed by atoms with Crippen LogP contribution in [0.1, 0.15) is 17.5 Å². The van der Waals surface area contributed by atoms with Gasteiger partial charge in [-0.2, -0.15) is 5.26 Å². The summed E-state index contributed by atoms with van der Waals surface area (Å²) in [5.74, 6) is 0. The maximum Gasteiger partial charge on any atom is 0.0991 e. The minimum Gasteiger partial charge on any atom is -0.374 e. The van der Waals surface area contributed by atoms with E-state index in [1.807, 2.05) is 18.2 Å². The van der Waals surface area contributed by atoms with Gasteiger partial charge in [0.25, 0.3) is 0 Å². The summed E-state index contributed by atoms with van der Waals surface area (Å²) in [4.78, 5) is 2.25. The minimum absolute atomic E-state index is 0.772. The predicted molar refractivity (Wildman–Crippen MR) is 52.7 cm³/mol. The quantitative estimate of drug-likeness (QED) is 0.598. The first kappa shape index (κ1) is 8.12. The molecule has 0 radical (unpaired) electrons. The Labute approximate surface area is 78.4 Å². The maximum atomic E-state index is 8.74. The SMILES string of the molecule is CN1CCCc2cc(C#N)ccc21. The van der Waals surface area contributed by atoms with Crippen molar-refractivity contribution in [3.8, 4) is 6.07 Å². The molecule has 0 saturated carbocycles. The zero-order valence-corrected chi connectivity index (χ0v) is 7.75. The molecule has 0 fully saturated rings. The van der Waals surface area contributed by atoms with Crippen molar-refractivity contribution in [2.75, 3.05) is 18.5 Å². The van der Waals surface area contributed by atoms with E-state index in [1.54, 1.807) is 0 Å². The summed E-state index contributed by atoms with van der Waals surface area (Å²) < 4.78 is 0. The molecule has 2 heteroatoms. The standard InChI is InChI=1S/C11H12N2/c1-13-6-2-3-10-7-9(8-12)4-5-11(10)13/h4-5,7H,2-3,6H2,1H3. The number of nitriles is 1. The van der Waals surface area contributed by atoms with Crippen LogP contribution in [0.4, 0.5) is 5.69 Å². The number of anilines is 1. The summed E-state index contributed by atoms with van der Waals surface area (Å²) >= 11 is 0. The Morgan fingerprint density at radius 3 is 3.08 bits per heavy atom. The van der Waals surface area contributed by atoms with Crippen molar-refractivity contribution in [1.82, 2.24) is 0 Å². The molecule has 0 amide bonds. The van der Waals surface area contributed by atoms with Gasteiger partial charge in [-0.15, -0.1) is 0 Å². The average Bonchev–Trinajstić information content (AvgIpc) is 2.18. The van der Waals surface area contributed by atoms with Crippen molar-refractivity contribution in [1.29, 1.82) is 5.26 Å². The molecule has 0 N–H and O–H groups in total. The molecule has 0 unspecified atom stereocenters. The number of aryl methyl sites for hydroxylation is 1. The number of fused-ring (bicyclic) bond motifs is 1. The van der Waals surface area contributed by atoms with E-state index in [0.717, 1.165) is 18.5 Å². The highest BCUT2D eigenvalue weighted by molar-refractivity contribution is 5.57. The molecule has 1 aromatic rings. The first-order valence-electron chi connectivity index (χ1n) is 4.55. The lowest BCUT2D eigenvalue weighted by atomic mass is 10.0. The summed E-state index contributed by atoms with van der Waals surface area (Å²) in [7, 11) is 2.10. The molecule has 13 heavy (non-hydrogen) atoms. The zero-order chi connectivity index (χ0) is 9.26. The third-order valence-electron chi connectivity index (χ3n) is 2.56. The fourth-order valence-electron chi connectivity index (χ4n) is 1.85. The first-order chi connectivity index (χ1) is 6.31. The third-order valence-corrected chi connectivity index (χ3v) is 2.56. The molecule has 0 bridgehead atoms. The molecule has 0 aromatic heterocycles. The summed E-state index contributed by atoms with van der Waals surface area (Å²) in [6.45, 7) is 1.12. The second-order valence-electron chi connectivity index (χ2n) is 3.48. The van der Waals surface area contributed by atoms with Gasteiger partial charge in [0.2, 0.25) is 0 Å². The smallest absolute Gasteiger partial charge is 0.0991 e. The average molecular weight is 172 g/mol. The van der Waals surface area contributed by atoms with Crippen LogP contribution in [0, 0.1) is 11.3 Å². The molecule has 1 aliphatic heterocycles. The molecule has 2 nitrogen and oxygen atoms in total. The van der Waals surface area contributed by atoms with Gasteiger partial charge in [-0.3, -0.25) is 0 Å². The van der Waals surface area contributed by atoms with Gasteiger partial charge in [-0.1, -0.05) is 0 Å². The normalized spacial score (nSPS) is 14.9. The first-order valence-corrected chi connectivity index (χ1v) is 4.55. The molecule has 0 atom stereocenters. The van der Waals surface area contributed by atoms with Gasteiger partial charge in [0.15, 0.2) is 0 Å². The Morgan fingerprint density at radius 1 is 1.46 bits per heavy atom. The lowest BCUT2D eigenvalue weighted by Crippen LogP contribution is -2.24. The van der Waals surface area contributed by atoms with Crippen LogP contribution in [-0.2, 0) is 6.42 Å². The van der Waals surface area contributed by atoms with Gasteiger partial charge in [0, 0.05) is 19.3 Å². The fourth-order valence-corrected chi connectivity index (χ4v) is 1.85. The second-order valence-corrected chi connectivity index (χ2v) is 3.48. The molecule has 0 spiro atoms. The molecular weight excluding hydrogens is 160 g/mol. The van der Waals surface area contributed by atoms with Crippen molar-refractivity contribution in [3.63, 3.8) is 0 Å². The molecule has 0 aliphatic carbocycles. The molecule has 2 rings (SSSR count). The summed E-state index contributed by atoms with van der Waals surface area (Å²) in [5.41, 5.74) is 3.37. The van der Waals surface area contributed by atoms with Crippen molar-refractivity contribution in [2.45, 2.75) is 12.8 Å². The third kappa shape index (κ3) is 1.38. The highest BCUT2D eigenvalue weighted by Gasteiger charge is 2.13. The number of nitrogens with zero attached hydrogens (tertiary/aromatic N) is 2. The van der Waals surface area contributed by atoms with E-state index in [0.29, 0.717) is 0 Å². The number of rotatable bonds is 0. The van der Waals surface area contributed by atoms with Gasteiger partial charge in [0.05, 0.1) is 11.6 Å². The Morgan fingerprint density at radius 2 is 2.31 bits per heavy atom. The molecule has 1 aliphatic rings. The molecule has 66 valence electrons. The van der Waals surface area contributed by atoms with E-state index in [2.05, 4.69) is 18.0 Å². The van der Waals surface area contributed by atoms with Crippen molar-refractivity contribution >= 4 is 5.69 Å². The molecule has 1 heterocycles. The van der Waals surface area contributed by atoms with Gasteiger partial charge < -0.3 is 4.90 Å². The van der Waals surface area contributed by atoms with E-state index in [1.165, 1.54) is 17.7 Å². The number of hydrogen-bond donors (Lipinski definition) is 0. The van der Waals surface area contributed by atoms with Crippen molar-refractivity contribution in [2.24, 2.45) is 0 Å². The molecule has 1 aromatic carbocycles. The Hall–Kier alpha value is -1.49. The highest BCUT2D eigenvalue weighted by atomic mass is 15.1. The van der Waals surface area contributed by atoms with Gasteiger partial charge in [-0.05, 0) is 36.6 Å². The Kier molecular flexibility index (Phi) is 1.94. The second kappa shape index (κ2) is 3.10. The zero-order valence-electron chi connectivity index (χ0n) is 7.75. The lowest BCUT2D eigenvalue weighted by molar-refractivity contribution is 0.744. The van der Waals surface area contributed by atoms with Crippen molar-refractivity contribution in [3.05, 3.63) is 29.3 Å². The van der Waals surface area contributed by atoms with E-state index in [9.17, 15) is 0 Å². The summed E-state index contributed by atoms with van der Waals surface area (Å²) in [6, 6.07) is 8.12. The van der Waals surface area contributed by atoms with E-state index >= 15 is 0 Å². The monoisotopic (exact) mass is 172 g/mol. The molecular formula is C11H12N2. The van der Waals surface area contributed by atoms with Gasteiger partial charge in [0.1, 0.15) is 0 Å². The Balaban J connectivity index is 2.47. The van der Waals surface area contributed by atoms with Crippen LogP contribution in [0.15, 0.2) is 18.2 Å². The topological polar surface area (TPSA) is 27.0 Å². The fraction of sp³-hybridized carbons (Fsp3) is 0.364. The maximum absolute atomic E-state index is 8.74.